The molecular weight excluding hydrogens is 317 g/mol. The van der Waals surface area contributed by atoms with Crippen molar-refractivity contribution in [3.63, 3.8) is 0 Å². The topological polar surface area (TPSA) is 43.2 Å². The first-order chi connectivity index (χ1) is 11.4. The van der Waals surface area contributed by atoms with Gasteiger partial charge >= 0.3 is 6.18 Å². The summed E-state index contributed by atoms with van der Waals surface area (Å²) in [6, 6.07) is 2.86. The molecule has 2 fully saturated rings. The van der Waals surface area contributed by atoms with Crippen molar-refractivity contribution in [1.82, 2.24) is 4.98 Å². The number of hydrogen-bond donors (Lipinski definition) is 0. The fourth-order valence-electron chi connectivity index (χ4n) is 3.00. The lowest BCUT2D eigenvalue weighted by Crippen LogP contribution is -2.47. The first-order valence-corrected chi connectivity index (χ1v) is 8.45. The third-order valence-electron chi connectivity index (χ3n) is 4.43. The van der Waals surface area contributed by atoms with Crippen LogP contribution in [0.25, 0.3) is 0 Å². The Labute approximate surface area is 140 Å². The summed E-state index contributed by atoms with van der Waals surface area (Å²) < 4.78 is 40.0. The van der Waals surface area contributed by atoms with Crippen LogP contribution < -0.4 is 9.80 Å². The molecule has 0 bridgehead atoms. The van der Waals surface area contributed by atoms with E-state index in [9.17, 15) is 18.4 Å². The molecule has 0 N–H and O–H groups in total. The summed E-state index contributed by atoms with van der Waals surface area (Å²) in [4.78, 5) is 8.05. The summed E-state index contributed by atoms with van der Waals surface area (Å²) in [5.41, 5.74) is -1.23. The zero-order chi connectivity index (χ0) is 17.9. The van der Waals surface area contributed by atoms with Gasteiger partial charge in [0.2, 0.25) is 0 Å². The zero-order valence-corrected chi connectivity index (χ0v) is 14.3. The van der Waals surface area contributed by atoms with Crippen LogP contribution >= 0.6 is 0 Å². The van der Waals surface area contributed by atoms with Gasteiger partial charge in [0.1, 0.15) is 23.3 Å². The number of halogens is 3. The van der Waals surface area contributed by atoms with Gasteiger partial charge in [-0.15, -0.1) is 0 Å². The largest absolute Gasteiger partial charge is 0.417 e. The quantitative estimate of drug-likeness (QED) is 0.809. The number of rotatable bonds is 2. The number of anilines is 2. The molecule has 1 aromatic rings. The first kappa shape index (κ1) is 18.4. The molecule has 7 heteroatoms. The van der Waals surface area contributed by atoms with E-state index in [2.05, 4.69) is 4.98 Å². The molecule has 1 atom stereocenters. The Morgan fingerprint density at radius 3 is 2.25 bits per heavy atom. The van der Waals surface area contributed by atoms with Gasteiger partial charge in [-0.25, -0.2) is 4.98 Å². The van der Waals surface area contributed by atoms with Gasteiger partial charge in [0.05, 0.1) is 5.56 Å². The van der Waals surface area contributed by atoms with Crippen LogP contribution in [0.5, 0.6) is 0 Å². The Morgan fingerprint density at radius 1 is 1.21 bits per heavy atom. The van der Waals surface area contributed by atoms with Gasteiger partial charge in [-0.2, -0.15) is 18.4 Å². The van der Waals surface area contributed by atoms with Crippen LogP contribution in [-0.2, 0) is 6.18 Å². The van der Waals surface area contributed by atoms with E-state index in [1.54, 1.807) is 11.0 Å². The Kier molecular flexibility index (Phi) is 5.58. The van der Waals surface area contributed by atoms with Crippen LogP contribution in [0, 0.1) is 11.3 Å². The highest BCUT2D eigenvalue weighted by Gasteiger charge is 2.39. The van der Waals surface area contributed by atoms with Gasteiger partial charge in [0, 0.05) is 25.7 Å². The number of nitrogens with zero attached hydrogens (tertiary/aromatic N) is 4. The second-order valence-electron chi connectivity index (χ2n) is 5.86. The lowest BCUT2D eigenvalue weighted by molar-refractivity contribution is -0.137. The van der Waals surface area contributed by atoms with Crippen LogP contribution in [0.15, 0.2) is 6.07 Å². The Bertz CT molecular complexity index is 615. The number of pyridine rings is 1. The van der Waals surface area contributed by atoms with Crippen molar-refractivity contribution in [2.75, 3.05) is 29.4 Å². The first-order valence-electron chi connectivity index (χ1n) is 8.45. The average Bonchev–Trinajstić information content (AvgIpc) is 3.08. The molecule has 3 heterocycles. The Balaban J connectivity index is 0.00000100. The molecule has 0 saturated carbocycles. The van der Waals surface area contributed by atoms with Crippen LogP contribution in [-0.4, -0.2) is 30.7 Å². The van der Waals surface area contributed by atoms with Crippen molar-refractivity contribution in [2.24, 2.45) is 0 Å². The van der Waals surface area contributed by atoms with Gasteiger partial charge in [0.15, 0.2) is 0 Å². The van der Waals surface area contributed by atoms with E-state index in [-0.39, 0.29) is 17.4 Å². The minimum atomic E-state index is -4.55. The summed E-state index contributed by atoms with van der Waals surface area (Å²) in [5.74, 6) is 0.510. The van der Waals surface area contributed by atoms with E-state index >= 15 is 0 Å². The molecule has 0 radical (unpaired) electrons. The van der Waals surface area contributed by atoms with Crippen LogP contribution in [0.3, 0.4) is 0 Å². The summed E-state index contributed by atoms with van der Waals surface area (Å²) in [6.45, 7) is 8.00. The van der Waals surface area contributed by atoms with E-state index in [4.69, 9.17) is 0 Å². The van der Waals surface area contributed by atoms with Crippen LogP contribution in [0.2, 0.25) is 0 Å². The van der Waals surface area contributed by atoms with Crippen molar-refractivity contribution in [1.29, 1.82) is 5.26 Å². The van der Waals surface area contributed by atoms with Gasteiger partial charge in [-0.05, 0) is 32.3 Å². The predicted octanol–water partition coefficient (Wildman–Crippen LogP) is 4.20. The molecule has 24 heavy (non-hydrogen) atoms. The molecule has 2 aliphatic rings. The molecule has 1 unspecified atom stereocenters. The van der Waals surface area contributed by atoms with Crippen molar-refractivity contribution in [3.05, 3.63) is 17.2 Å². The number of hydrogen-bond acceptors (Lipinski definition) is 4. The molecule has 0 spiro atoms. The highest BCUT2D eigenvalue weighted by molar-refractivity contribution is 5.65. The molecule has 2 aliphatic heterocycles. The smallest absolute Gasteiger partial charge is 0.357 e. The molecule has 3 rings (SSSR count). The highest BCUT2D eigenvalue weighted by atomic mass is 19.4. The SMILES string of the molecule is CC.CC1CCN1c1nc(N2CCCC2)cc(C(F)(F)F)c1C#N. The third-order valence-corrected chi connectivity index (χ3v) is 4.43. The molecule has 0 aromatic carbocycles. The van der Waals surface area contributed by atoms with E-state index in [1.165, 1.54) is 0 Å². The number of aromatic nitrogens is 1. The van der Waals surface area contributed by atoms with Gasteiger partial charge < -0.3 is 9.80 Å². The standard InChI is InChI=1S/C15H17F3N4.C2H6/c1-10-4-7-22(10)14-11(9-19)12(15(16,17)18)8-13(20-14)21-5-2-3-6-21;1-2/h8,10H,2-7H2,1H3;1-2H3. The molecular formula is C17H23F3N4. The molecule has 0 aliphatic carbocycles. The second kappa shape index (κ2) is 7.29. The molecule has 2 saturated heterocycles. The fraction of sp³-hybridized carbons (Fsp3) is 0.647. The van der Waals surface area contributed by atoms with E-state index in [0.717, 1.165) is 25.3 Å². The van der Waals surface area contributed by atoms with Gasteiger partial charge in [-0.1, -0.05) is 13.8 Å². The van der Waals surface area contributed by atoms with E-state index in [0.29, 0.717) is 25.5 Å². The van der Waals surface area contributed by atoms with Crippen molar-refractivity contribution >= 4 is 11.6 Å². The molecule has 4 nitrogen and oxygen atoms in total. The highest BCUT2D eigenvalue weighted by Crippen LogP contribution is 2.39. The summed E-state index contributed by atoms with van der Waals surface area (Å²) in [5, 5.41) is 9.24. The van der Waals surface area contributed by atoms with Gasteiger partial charge in [0.25, 0.3) is 0 Å². The minimum Gasteiger partial charge on any atom is -0.357 e. The van der Waals surface area contributed by atoms with Crippen LogP contribution in [0.1, 0.15) is 51.2 Å². The monoisotopic (exact) mass is 340 g/mol. The van der Waals surface area contributed by atoms with Crippen molar-refractivity contribution in [2.45, 2.75) is 52.3 Å². The molecule has 132 valence electrons. The summed E-state index contributed by atoms with van der Waals surface area (Å²) in [7, 11) is 0. The fourth-order valence-corrected chi connectivity index (χ4v) is 3.00. The third kappa shape index (κ3) is 3.42. The second-order valence-corrected chi connectivity index (χ2v) is 5.86. The maximum Gasteiger partial charge on any atom is 0.417 e. The average molecular weight is 340 g/mol. The van der Waals surface area contributed by atoms with E-state index in [1.807, 2.05) is 25.7 Å². The predicted molar refractivity (Wildman–Crippen MR) is 88.2 cm³/mol. The molecule has 0 amide bonds. The van der Waals surface area contributed by atoms with Crippen molar-refractivity contribution < 1.29 is 13.2 Å². The number of alkyl halides is 3. The van der Waals surface area contributed by atoms with Crippen LogP contribution in [0.4, 0.5) is 24.8 Å². The molecule has 1 aromatic heterocycles. The lowest BCUT2D eigenvalue weighted by atomic mass is 10.0. The minimum absolute atomic E-state index is 0.120. The number of nitriles is 1. The maximum absolute atomic E-state index is 13.3. The summed E-state index contributed by atoms with van der Waals surface area (Å²) >= 11 is 0. The lowest BCUT2D eigenvalue weighted by Gasteiger charge is -2.40. The normalized spacial score (nSPS) is 20.1. The Hall–Kier alpha value is -1.97. The van der Waals surface area contributed by atoms with E-state index < -0.39 is 11.7 Å². The Morgan fingerprint density at radius 2 is 1.83 bits per heavy atom. The zero-order valence-electron chi connectivity index (χ0n) is 14.3. The van der Waals surface area contributed by atoms with Gasteiger partial charge in [-0.3, -0.25) is 0 Å². The van der Waals surface area contributed by atoms with Crippen molar-refractivity contribution in [3.8, 4) is 6.07 Å². The maximum atomic E-state index is 13.3. The summed E-state index contributed by atoms with van der Waals surface area (Å²) in [6.07, 6.45) is -1.73.